The van der Waals surface area contributed by atoms with Gasteiger partial charge >= 0.3 is 0 Å². The SMILES string of the molecule is CC#Cc1ccsc1-c1ccc(-c2ccnc(-c3cc(OC=O)cc(-c4cc(OC=O)ccn4)n3)c2)s1.CC#Cc1sccc1-c1ccc(-c2ccnc(-c3cc(OC=O)cc(-c4cc(OC=O)ccn4)n3)c2)s1.Cc1sccc1-c1ccc(-c2ccnc(-c3cc(OC=O)cc(-c4cc(OC=O)ccn4)n3)c2)s1. The summed E-state index contributed by atoms with van der Waals surface area (Å²) >= 11 is 10.1. The first-order valence-corrected chi connectivity index (χ1v) is 37.4. The first-order chi connectivity index (χ1) is 53.5. The molecule has 15 aromatic rings. The maximum Gasteiger partial charge on any atom is 0.298 e. The third-order valence-corrected chi connectivity index (χ3v) is 21.9. The van der Waals surface area contributed by atoms with E-state index in [1.165, 1.54) is 33.9 Å². The van der Waals surface area contributed by atoms with Crippen molar-refractivity contribution in [2.75, 3.05) is 0 Å². The highest BCUT2D eigenvalue weighted by molar-refractivity contribution is 7.23. The molecule has 0 saturated heterocycles. The van der Waals surface area contributed by atoms with Crippen molar-refractivity contribution in [3.8, 4) is 188 Å². The van der Waals surface area contributed by atoms with Crippen molar-refractivity contribution in [3.63, 3.8) is 0 Å². The summed E-state index contributed by atoms with van der Waals surface area (Å²) in [5, 5.41) is 6.19. The molecule has 109 heavy (non-hydrogen) atoms. The molecular formula is C82H51N9O12S6. The molecule has 0 aliphatic heterocycles. The summed E-state index contributed by atoms with van der Waals surface area (Å²) in [7, 11) is 0. The molecule has 0 unspecified atom stereocenters. The molecule has 0 fully saturated rings. The van der Waals surface area contributed by atoms with Crippen molar-refractivity contribution < 1.29 is 57.2 Å². The highest BCUT2D eigenvalue weighted by Gasteiger charge is 2.19. The number of rotatable bonds is 24. The number of aromatic nitrogens is 9. The standard InChI is InChI=1S/2C28H17N3O4S2.C26H17N3O4S2/c1-2-3-27-21(8-11-36-27)28-5-4-26(37-28)18-6-9-29-22(12-18)24-14-20(35-17-33)15-25(31-24)23-13-19(34-16-32)7-10-30-23;1-2-3-18-8-11-36-28(18)27-5-4-26(37-27)19-6-9-29-22(12-19)24-14-21(35-17-33)15-25(31-24)23-13-20(34-16-32)7-10-30-23;1-16-20(6-9-34-16)26-3-2-25(35-26)17-4-7-27-21(10-17)23-12-19(33-15-31)13-24(29-23)22-11-18(32-14-30)5-8-28-22/h2*4-17H,1H3;2-15H,1H3. The minimum absolute atomic E-state index is 0.283. The maximum atomic E-state index is 11.1. The third-order valence-electron chi connectivity index (χ3n) is 15.7. The minimum atomic E-state index is 0.283. The van der Waals surface area contributed by atoms with Gasteiger partial charge in [0.25, 0.3) is 38.8 Å². The van der Waals surface area contributed by atoms with E-state index < -0.39 is 0 Å². The summed E-state index contributed by atoms with van der Waals surface area (Å²) in [5.74, 6) is 14.1. The van der Waals surface area contributed by atoms with Crippen LogP contribution in [0.2, 0.25) is 0 Å². The van der Waals surface area contributed by atoms with Gasteiger partial charge in [-0.15, -0.1) is 79.9 Å². The van der Waals surface area contributed by atoms with Gasteiger partial charge in [-0.05, 0) is 163 Å². The number of hydrogen-bond donors (Lipinski definition) is 0. The Morgan fingerprint density at radius 1 is 0.303 bits per heavy atom. The molecule has 0 aliphatic rings. The summed E-state index contributed by atoms with van der Waals surface area (Å²) < 4.78 is 30.1. The Bertz CT molecular complexity index is 5750. The van der Waals surface area contributed by atoms with Crippen LogP contribution >= 0.6 is 68.0 Å². The average molecular weight is 1550 g/mol. The van der Waals surface area contributed by atoms with Gasteiger partial charge in [-0.1, -0.05) is 11.8 Å². The van der Waals surface area contributed by atoms with Crippen LogP contribution in [-0.4, -0.2) is 83.7 Å². The minimum Gasteiger partial charge on any atom is -0.429 e. The second-order valence-corrected chi connectivity index (χ2v) is 28.6. The van der Waals surface area contributed by atoms with E-state index in [1.54, 1.807) is 159 Å². The lowest BCUT2D eigenvalue weighted by molar-refractivity contribution is -0.121. The van der Waals surface area contributed by atoms with E-state index in [0.717, 1.165) is 62.0 Å². The number of hydrogen-bond acceptors (Lipinski definition) is 27. The smallest absolute Gasteiger partial charge is 0.298 e. The lowest BCUT2D eigenvalue weighted by Crippen LogP contribution is -1.97. The molecule has 0 radical (unpaired) electrons. The Hall–Kier alpha value is -13.5. The Labute approximate surface area is 645 Å². The summed E-state index contributed by atoms with van der Waals surface area (Å²) in [6.07, 6.45) is 9.67. The highest BCUT2D eigenvalue weighted by atomic mass is 32.1. The van der Waals surface area contributed by atoms with Crippen molar-refractivity contribution in [1.29, 1.82) is 0 Å². The van der Waals surface area contributed by atoms with Crippen molar-refractivity contribution in [1.82, 2.24) is 44.9 Å². The molecular weight excluding hydrogens is 1500 g/mol. The van der Waals surface area contributed by atoms with Gasteiger partial charge in [0.15, 0.2) is 0 Å². The average Bonchev–Trinajstić information content (AvgIpc) is 1.59. The lowest BCUT2D eigenvalue weighted by Gasteiger charge is -2.09. The fourth-order valence-corrected chi connectivity index (χ4v) is 16.6. The number of pyridine rings is 9. The second-order valence-electron chi connectivity index (χ2n) is 22.4. The molecule has 0 spiro atoms. The molecule has 0 bridgehead atoms. The first-order valence-electron chi connectivity index (χ1n) is 32.3. The van der Waals surface area contributed by atoms with Crippen LogP contribution in [0.15, 0.2) is 217 Å². The second kappa shape index (κ2) is 35.5. The van der Waals surface area contributed by atoms with Crippen LogP contribution in [0.25, 0.3) is 130 Å². The van der Waals surface area contributed by atoms with Crippen LogP contribution in [-0.2, 0) is 28.8 Å². The van der Waals surface area contributed by atoms with Gasteiger partial charge < -0.3 is 28.4 Å². The molecule has 0 saturated carbocycles. The molecule has 15 heterocycles. The van der Waals surface area contributed by atoms with Crippen LogP contribution in [0, 0.1) is 30.6 Å². The molecule has 15 aromatic heterocycles. The van der Waals surface area contributed by atoms with E-state index in [1.807, 2.05) is 67.1 Å². The molecule has 21 nitrogen and oxygen atoms in total. The monoisotopic (exact) mass is 1550 g/mol. The maximum absolute atomic E-state index is 11.1. The third kappa shape index (κ3) is 18.1. The predicted molar refractivity (Wildman–Crippen MR) is 422 cm³/mol. The zero-order chi connectivity index (χ0) is 75.4. The predicted octanol–water partition coefficient (Wildman–Crippen LogP) is 18.3. The van der Waals surface area contributed by atoms with Gasteiger partial charge in [-0.3, -0.25) is 58.7 Å². The topological polar surface area (TPSA) is 274 Å². The molecule has 0 atom stereocenters. The number of carbonyl (C=O) groups excluding carboxylic acids is 6. The Kier molecular flexibility index (Phi) is 24.0. The highest BCUT2D eigenvalue weighted by Crippen LogP contribution is 2.43. The number of carbonyl (C=O) groups is 6. The summed E-state index contributed by atoms with van der Waals surface area (Å²) in [6, 6.07) is 49.6. The number of nitrogens with zero attached hydrogens (tertiary/aromatic N) is 9. The van der Waals surface area contributed by atoms with Gasteiger partial charge in [0.05, 0.1) is 78.1 Å². The molecule has 532 valence electrons. The van der Waals surface area contributed by atoms with Gasteiger partial charge in [0, 0.05) is 143 Å². The molecule has 0 aromatic carbocycles. The van der Waals surface area contributed by atoms with E-state index in [0.29, 0.717) is 130 Å². The van der Waals surface area contributed by atoms with Crippen LogP contribution in [0.5, 0.6) is 34.5 Å². The molecule has 0 amide bonds. The van der Waals surface area contributed by atoms with Gasteiger partial charge in [0.1, 0.15) is 34.5 Å². The van der Waals surface area contributed by atoms with Gasteiger partial charge in [-0.25, -0.2) is 15.0 Å². The first kappa shape index (κ1) is 73.8. The van der Waals surface area contributed by atoms with Crippen molar-refractivity contribution >= 4 is 107 Å². The lowest BCUT2D eigenvalue weighted by atomic mass is 10.1. The molecule has 27 heteroatoms. The van der Waals surface area contributed by atoms with Crippen molar-refractivity contribution in [2.45, 2.75) is 20.8 Å². The quantitative estimate of drug-likeness (QED) is 0.0401. The Balaban J connectivity index is 0.000000144. The zero-order valence-corrected chi connectivity index (χ0v) is 62.0. The summed E-state index contributed by atoms with van der Waals surface area (Å²) in [6.45, 7) is 7.86. The molecule has 15 rings (SSSR count). The van der Waals surface area contributed by atoms with Crippen LogP contribution < -0.4 is 28.4 Å². The summed E-state index contributed by atoms with van der Waals surface area (Å²) in [5.41, 5.74) is 12.3. The zero-order valence-electron chi connectivity index (χ0n) is 57.1. The fourth-order valence-electron chi connectivity index (χ4n) is 10.9. The Morgan fingerprint density at radius 2 is 0.615 bits per heavy atom. The summed E-state index contributed by atoms with van der Waals surface area (Å²) in [4.78, 5) is 116. The molecule has 0 N–H and O–H groups in total. The molecule has 0 aliphatic carbocycles. The Morgan fingerprint density at radius 3 is 0.991 bits per heavy atom. The fraction of sp³-hybridized carbons (Fsp3) is 0.0366. The largest absolute Gasteiger partial charge is 0.429 e. The number of ether oxygens (including phenoxy) is 6. The van der Waals surface area contributed by atoms with Crippen LogP contribution in [0.1, 0.15) is 29.2 Å². The van der Waals surface area contributed by atoms with Crippen molar-refractivity contribution in [3.05, 3.63) is 232 Å². The van der Waals surface area contributed by atoms with E-state index in [9.17, 15) is 28.8 Å². The number of aryl methyl sites for hydroxylation is 1. The van der Waals surface area contributed by atoms with Gasteiger partial charge in [-0.2, -0.15) is 0 Å². The van der Waals surface area contributed by atoms with E-state index in [4.69, 9.17) is 38.4 Å². The van der Waals surface area contributed by atoms with Gasteiger partial charge in [0.2, 0.25) is 0 Å². The van der Waals surface area contributed by atoms with Crippen molar-refractivity contribution in [2.24, 2.45) is 0 Å². The number of thiophene rings is 6. The van der Waals surface area contributed by atoms with Crippen LogP contribution in [0.4, 0.5) is 0 Å². The van der Waals surface area contributed by atoms with E-state index >= 15 is 0 Å². The van der Waals surface area contributed by atoms with Crippen LogP contribution in [0.3, 0.4) is 0 Å². The van der Waals surface area contributed by atoms with E-state index in [2.05, 4.69) is 119 Å². The van der Waals surface area contributed by atoms with E-state index in [-0.39, 0.29) is 11.5 Å². The normalized spacial score (nSPS) is 10.4.